The molecule has 1 unspecified atom stereocenters. The van der Waals surface area contributed by atoms with Crippen LogP contribution in [0.15, 0.2) is 42.5 Å². The number of carbonyl (C=O) groups is 3. The van der Waals surface area contributed by atoms with Crippen LogP contribution in [0.2, 0.25) is 0 Å². The van der Waals surface area contributed by atoms with E-state index in [-0.39, 0.29) is 24.2 Å². The van der Waals surface area contributed by atoms with Crippen LogP contribution in [0.4, 0.5) is 14.9 Å². The van der Waals surface area contributed by atoms with Crippen LogP contribution in [0.5, 0.6) is 0 Å². The third-order valence-corrected chi connectivity index (χ3v) is 7.23. The number of anilines is 1. The molecule has 0 aromatic heterocycles. The molecule has 7 nitrogen and oxygen atoms in total. The molecule has 0 bridgehead atoms. The number of carbonyl (C=O) groups excluding carboxylic acids is 3. The third kappa shape index (κ3) is 4.49. The number of urea groups is 1. The zero-order valence-corrected chi connectivity index (χ0v) is 19.1. The van der Waals surface area contributed by atoms with Gasteiger partial charge in [-0.25, -0.2) is 9.18 Å². The summed E-state index contributed by atoms with van der Waals surface area (Å²) in [5.41, 5.74) is 8.40. The topological polar surface area (TPSA) is 95.7 Å². The van der Waals surface area contributed by atoms with Gasteiger partial charge in [-0.05, 0) is 66.1 Å². The van der Waals surface area contributed by atoms with Gasteiger partial charge in [-0.2, -0.15) is 0 Å². The molecule has 1 saturated carbocycles. The highest BCUT2D eigenvalue weighted by Crippen LogP contribution is 2.35. The van der Waals surface area contributed by atoms with Crippen molar-refractivity contribution in [2.75, 3.05) is 18.8 Å². The molecule has 1 heterocycles. The Morgan fingerprint density at radius 1 is 1.15 bits per heavy atom. The summed E-state index contributed by atoms with van der Waals surface area (Å²) in [4.78, 5) is 42.2. The minimum atomic E-state index is -1.03. The maximum atomic E-state index is 13.4. The predicted molar refractivity (Wildman–Crippen MR) is 125 cm³/mol. The van der Waals surface area contributed by atoms with Crippen molar-refractivity contribution in [2.45, 2.75) is 50.6 Å². The van der Waals surface area contributed by atoms with E-state index in [2.05, 4.69) is 5.32 Å². The number of fused-ring (bicyclic) bond motifs is 1. The summed E-state index contributed by atoms with van der Waals surface area (Å²) in [6.45, 7) is 0.553. The van der Waals surface area contributed by atoms with Crippen molar-refractivity contribution >= 4 is 23.5 Å². The van der Waals surface area contributed by atoms with Gasteiger partial charge in [0.1, 0.15) is 17.9 Å². The van der Waals surface area contributed by atoms with E-state index >= 15 is 0 Å². The quantitative estimate of drug-likeness (QED) is 0.486. The lowest BCUT2D eigenvalue weighted by atomic mass is 9.77. The second-order valence-electron chi connectivity index (χ2n) is 9.78. The molecular formula is C26H29FN4O3. The van der Waals surface area contributed by atoms with Gasteiger partial charge in [0.2, 0.25) is 5.91 Å². The van der Waals surface area contributed by atoms with Crippen molar-refractivity contribution < 1.29 is 18.8 Å². The number of aryl methyl sites for hydroxylation is 1. The number of hydrogen-bond acceptors (Lipinski definition) is 4. The molecule has 2 aromatic carbocycles. The zero-order chi connectivity index (χ0) is 23.9. The monoisotopic (exact) mass is 464 g/mol. The van der Waals surface area contributed by atoms with Crippen molar-refractivity contribution in [3.8, 4) is 0 Å². The second kappa shape index (κ2) is 8.74. The van der Waals surface area contributed by atoms with Gasteiger partial charge in [-0.15, -0.1) is 0 Å². The molecule has 1 aliphatic heterocycles. The van der Waals surface area contributed by atoms with Gasteiger partial charge in [0.25, 0.3) is 5.91 Å². The molecule has 3 aliphatic rings. The van der Waals surface area contributed by atoms with Crippen molar-refractivity contribution in [1.29, 1.82) is 0 Å². The maximum Gasteiger partial charge on any atom is 0.325 e. The third-order valence-electron chi connectivity index (χ3n) is 7.23. The molecule has 8 heteroatoms. The molecule has 3 N–H and O–H groups in total. The largest absolute Gasteiger partial charge is 0.399 e. The summed E-state index contributed by atoms with van der Waals surface area (Å²) >= 11 is 0. The molecule has 34 heavy (non-hydrogen) atoms. The molecule has 4 amide bonds. The summed E-state index contributed by atoms with van der Waals surface area (Å²) in [6, 6.07) is 11.2. The Hall–Kier alpha value is -3.42. The van der Waals surface area contributed by atoms with Gasteiger partial charge in [-0.1, -0.05) is 31.0 Å². The number of rotatable bonds is 7. The van der Waals surface area contributed by atoms with E-state index in [0.29, 0.717) is 44.0 Å². The number of halogens is 1. The van der Waals surface area contributed by atoms with Crippen LogP contribution in [0.25, 0.3) is 0 Å². The van der Waals surface area contributed by atoms with Gasteiger partial charge in [0, 0.05) is 25.2 Å². The number of imide groups is 1. The normalized spacial score (nSPS) is 21.5. The van der Waals surface area contributed by atoms with Crippen LogP contribution in [-0.2, 0) is 29.0 Å². The first-order valence-corrected chi connectivity index (χ1v) is 11.9. The Morgan fingerprint density at radius 2 is 1.91 bits per heavy atom. The van der Waals surface area contributed by atoms with E-state index in [1.54, 1.807) is 17.0 Å². The zero-order valence-electron chi connectivity index (χ0n) is 19.1. The number of hydrogen-bond donors (Lipinski definition) is 2. The highest BCUT2D eigenvalue weighted by molar-refractivity contribution is 6.09. The van der Waals surface area contributed by atoms with Crippen LogP contribution in [0.3, 0.4) is 0 Å². The van der Waals surface area contributed by atoms with Crippen molar-refractivity contribution in [3.05, 3.63) is 65.0 Å². The van der Waals surface area contributed by atoms with Crippen LogP contribution in [-0.4, -0.2) is 46.3 Å². The summed E-state index contributed by atoms with van der Waals surface area (Å²) < 4.78 is 13.3. The lowest BCUT2D eigenvalue weighted by molar-refractivity contribution is -0.139. The molecule has 1 atom stereocenters. The summed E-state index contributed by atoms with van der Waals surface area (Å²) in [7, 11) is 0. The molecule has 1 saturated heterocycles. The number of amides is 4. The summed E-state index contributed by atoms with van der Waals surface area (Å²) in [6.07, 6.45) is 4.72. The molecular weight excluding hydrogens is 435 g/mol. The average Bonchev–Trinajstić information content (AvgIpc) is 3.61. The standard InChI is InChI=1S/C26H29FN4O3/c27-21-6-3-18(4-7-21)15-30(12-10-17-1-2-17)23(32)16-31-24(33)26(29-25(31)34)11-9-19-5-8-22(28)13-20(19)14-26/h3-8,13,17H,1-2,9-12,14-16,28H2,(H,29,34). The van der Waals surface area contributed by atoms with Gasteiger partial charge >= 0.3 is 6.03 Å². The van der Waals surface area contributed by atoms with Crippen LogP contribution < -0.4 is 11.1 Å². The Kier molecular flexibility index (Phi) is 5.75. The highest BCUT2D eigenvalue weighted by Gasteiger charge is 2.52. The van der Waals surface area contributed by atoms with Crippen LogP contribution >= 0.6 is 0 Å². The van der Waals surface area contributed by atoms with Gasteiger partial charge in [-0.3, -0.25) is 14.5 Å². The first kappa shape index (κ1) is 22.4. The first-order valence-electron chi connectivity index (χ1n) is 11.9. The molecule has 0 radical (unpaired) electrons. The Labute approximate surface area is 198 Å². The number of nitrogens with two attached hydrogens (primary N) is 1. The van der Waals surface area contributed by atoms with Crippen LogP contribution in [0.1, 0.15) is 42.4 Å². The number of nitrogens with one attached hydrogen (secondary N) is 1. The van der Waals surface area contributed by atoms with Gasteiger partial charge in [0.05, 0.1) is 0 Å². The lowest BCUT2D eigenvalue weighted by Gasteiger charge is -2.32. The van der Waals surface area contributed by atoms with E-state index in [1.165, 1.54) is 25.0 Å². The van der Waals surface area contributed by atoms with Crippen LogP contribution in [0, 0.1) is 11.7 Å². The minimum Gasteiger partial charge on any atom is -0.399 e. The number of nitrogens with zero attached hydrogens (tertiary/aromatic N) is 2. The van der Waals surface area contributed by atoms with Gasteiger partial charge < -0.3 is 16.0 Å². The Balaban J connectivity index is 1.30. The number of benzene rings is 2. The second-order valence-corrected chi connectivity index (χ2v) is 9.78. The number of nitrogen functional groups attached to an aromatic ring is 1. The van der Waals surface area contributed by atoms with E-state index in [9.17, 15) is 18.8 Å². The maximum absolute atomic E-state index is 13.4. The highest BCUT2D eigenvalue weighted by atomic mass is 19.1. The van der Waals surface area contributed by atoms with E-state index in [0.717, 1.165) is 28.0 Å². The molecule has 2 aliphatic carbocycles. The van der Waals surface area contributed by atoms with E-state index in [1.807, 2.05) is 18.2 Å². The molecule has 2 fully saturated rings. The molecule has 5 rings (SSSR count). The van der Waals surface area contributed by atoms with E-state index in [4.69, 9.17) is 5.73 Å². The SMILES string of the molecule is Nc1ccc2c(c1)CC1(CC2)NC(=O)N(CC(=O)N(CCC2CC2)Cc2ccc(F)cc2)C1=O. The average molecular weight is 465 g/mol. The predicted octanol–water partition coefficient (Wildman–Crippen LogP) is 3.02. The van der Waals surface area contributed by atoms with Crippen molar-refractivity contribution in [2.24, 2.45) is 5.92 Å². The van der Waals surface area contributed by atoms with Crippen molar-refractivity contribution in [1.82, 2.24) is 15.1 Å². The first-order chi connectivity index (χ1) is 16.3. The molecule has 178 valence electrons. The smallest absolute Gasteiger partial charge is 0.325 e. The molecule has 2 aromatic rings. The lowest BCUT2D eigenvalue weighted by Crippen LogP contribution is -2.51. The van der Waals surface area contributed by atoms with Gasteiger partial charge in [0.15, 0.2) is 0 Å². The fraction of sp³-hybridized carbons (Fsp3) is 0.423. The summed E-state index contributed by atoms with van der Waals surface area (Å²) in [5.74, 6) is -0.355. The minimum absolute atomic E-state index is 0.286. The van der Waals surface area contributed by atoms with E-state index < -0.39 is 11.6 Å². The molecule has 1 spiro atoms. The van der Waals surface area contributed by atoms with Crippen molar-refractivity contribution in [3.63, 3.8) is 0 Å². The Bertz CT molecular complexity index is 1130. The fourth-order valence-electron chi connectivity index (χ4n) is 5.01. The fourth-order valence-corrected chi connectivity index (χ4v) is 5.01. The summed E-state index contributed by atoms with van der Waals surface area (Å²) in [5, 5.41) is 2.87. The Morgan fingerprint density at radius 3 is 2.65 bits per heavy atom.